The number of piperidine rings is 1. The van der Waals surface area contributed by atoms with Crippen LogP contribution in [0.4, 0.5) is 0 Å². The summed E-state index contributed by atoms with van der Waals surface area (Å²) in [6.07, 6.45) is 7.54. The quantitative estimate of drug-likeness (QED) is 0.663. The van der Waals surface area contributed by atoms with Crippen molar-refractivity contribution in [2.45, 2.75) is 50.5 Å². The third-order valence-corrected chi connectivity index (χ3v) is 6.76. The number of hydrogen-bond donors (Lipinski definition) is 1. The molecule has 0 bridgehead atoms. The number of likely N-dealkylation sites (tertiary alicyclic amines) is 1. The van der Waals surface area contributed by atoms with Gasteiger partial charge in [0, 0.05) is 31.6 Å². The van der Waals surface area contributed by atoms with Gasteiger partial charge in [0.05, 0.1) is 23.5 Å². The molecular weight excluding hydrogens is 390 g/mol. The van der Waals surface area contributed by atoms with Gasteiger partial charge in [-0.3, -0.25) is 9.69 Å². The van der Waals surface area contributed by atoms with E-state index in [0.29, 0.717) is 11.5 Å². The topological polar surface area (TPSA) is 94.9 Å². The van der Waals surface area contributed by atoms with Crippen molar-refractivity contribution in [2.75, 3.05) is 13.1 Å². The highest BCUT2D eigenvalue weighted by molar-refractivity contribution is 5.94. The SMILES string of the molecule is Cn1c(CN2CCC[C@@H](c3nn(-c4ccccc4)cc3C(N)=O)C2)nnc1C1CCC1. The number of rotatable bonds is 6. The summed E-state index contributed by atoms with van der Waals surface area (Å²) in [5.41, 5.74) is 7.95. The summed E-state index contributed by atoms with van der Waals surface area (Å²) in [4.78, 5) is 14.6. The Hall–Kier alpha value is -3.00. The van der Waals surface area contributed by atoms with Gasteiger partial charge < -0.3 is 10.3 Å². The van der Waals surface area contributed by atoms with Crippen molar-refractivity contribution in [1.82, 2.24) is 29.4 Å². The molecule has 5 rings (SSSR count). The summed E-state index contributed by atoms with van der Waals surface area (Å²) in [7, 11) is 2.08. The third-order valence-electron chi connectivity index (χ3n) is 6.76. The highest BCUT2D eigenvalue weighted by Crippen LogP contribution is 2.35. The fraction of sp³-hybridized carbons (Fsp3) is 0.478. The van der Waals surface area contributed by atoms with E-state index in [2.05, 4.69) is 26.7 Å². The largest absolute Gasteiger partial charge is 0.365 e. The van der Waals surface area contributed by atoms with E-state index in [1.54, 1.807) is 10.9 Å². The first-order chi connectivity index (χ1) is 15.1. The lowest BCUT2D eigenvalue weighted by molar-refractivity contribution is 0.0997. The number of para-hydroxylation sites is 1. The van der Waals surface area contributed by atoms with E-state index in [1.165, 1.54) is 19.3 Å². The third kappa shape index (κ3) is 3.87. The summed E-state index contributed by atoms with van der Waals surface area (Å²) in [6, 6.07) is 9.83. The number of nitrogens with two attached hydrogens (primary N) is 1. The molecule has 1 saturated carbocycles. The molecular formula is C23H29N7O. The molecule has 1 aliphatic carbocycles. The zero-order valence-electron chi connectivity index (χ0n) is 17.9. The van der Waals surface area contributed by atoms with Crippen molar-refractivity contribution < 1.29 is 4.79 Å². The average molecular weight is 420 g/mol. The molecule has 8 heteroatoms. The molecule has 2 fully saturated rings. The number of primary amides is 1. The first kappa shape index (κ1) is 19.9. The van der Waals surface area contributed by atoms with Gasteiger partial charge in [-0.2, -0.15) is 5.10 Å². The van der Waals surface area contributed by atoms with Gasteiger partial charge in [0.2, 0.25) is 0 Å². The Labute approximate surface area is 182 Å². The molecule has 1 amide bonds. The first-order valence-electron chi connectivity index (χ1n) is 11.2. The number of amides is 1. The van der Waals surface area contributed by atoms with E-state index in [-0.39, 0.29) is 5.92 Å². The van der Waals surface area contributed by atoms with Gasteiger partial charge in [0.15, 0.2) is 0 Å². The Morgan fingerprint density at radius 3 is 2.58 bits per heavy atom. The molecule has 162 valence electrons. The van der Waals surface area contributed by atoms with Crippen LogP contribution in [0.2, 0.25) is 0 Å². The molecule has 2 N–H and O–H groups in total. The zero-order chi connectivity index (χ0) is 21.4. The van der Waals surface area contributed by atoms with E-state index < -0.39 is 5.91 Å². The molecule has 8 nitrogen and oxygen atoms in total. The fourth-order valence-electron chi connectivity index (χ4n) is 4.75. The van der Waals surface area contributed by atoms with Crippen molar-refractivity contribution in [3.05, 3.63) is 59.4 Å². The molecule has 3 aromatic rings. The van der Waals surface area contributed by atoms with Gasteiger partial charge in [0.1, 0.15) is 11.6 Å². The van der Waals surface area contributed by atoms with Gasteiger partial charge in [-0.05, 0) is 44.4 Å². The zero-order valence-corrected chi connectivity index (χ0v) is 17.9. The normalized spacial score (nSPS) is 20.0. The second kappa shape index (κ2) is 8.26. The lowest BCUT2D eigenvalue weighted by Gasteiger charge is -2.32. The molecule has 1 saturated heterocycles. The Morgan fingerprint density at radius 1 is 1.10 bits per heavy atom. The van der Waals surface area contributed by atoms with Crippen LogP contribution < -0.4 is 5.73 Å². The van der Waals surface area contributed by atoms with Crippen LogP contribution in [0, 0.1) is 0 Å². The molecule has 1 atom stereocenters. The lowest BCUT2D eigenvalue weighted by atomic mass is 9.85. The van der Waals surface area contributed by atoms with Gasteiger partial charge in [-0.1, -0.05) is 24.6 Å². The van der Waals surface area contributed by atoms with Gasteiger partial charge in [-0.25, -0.2) is 4.68 Å². The Morgan fingerprint density at radius 2 is 1.87 bits per heavy atom. The van der Waals surface area contributed by atoms with Crippen LogP contribution in [0.25, 0.3) is 5.69 Å². The molecule has 31 heavy (non-hydrogen) atoms. The highest BCUT2D eigenvalue weighted by atomic mass is 16.1. The van der Waals surface area contributed by atoms with Crippen LogP contribution in [0.5, 0.6) is 0 Å². The molecule has 2 aromatic heterocycles. The summed E-state index contributed by atoms with van der Waals surface area (Å²) in [5, 5.41) is 13.7. The van der Waals surface area contributed by atoms with Crippen LogP contribution in [-0.2, 0) is 13.6 Å². The van der Waals surface area contributed by atoms with Crippen LogP contribution in [0.15, 0.2) is 36.5 Å². The molecule has 0 radical (unpaired) electrons. The maximum absolute atomic E-state index is 12.2. The van der Waals surface area contributed by atoms with Crippen LogP contribution in [-0.4, -0.2) is 48.4 Å². The second-order valence-corrected chi connectivity index (χ2v) is 8.81. The van der Waals surface area contributed by atoms with Gasteiger partial charge >= 0.3 is 0 Å². The predicted molar refractivity (Wildman–Crippen MR) is 117 cm³/mol. The van der Waals surface area contributed by atoms with E-state index in [1.807, 2.05) is 30.3 Å². The van der Waals surface area contributed by atoms with E-state index in [9.17, 15) is 4.79 Å². The Balaban J connectivity index is 1.35. The summed E-state index contributed by atoms with van der Waals surface area (Å²) < 4.78 is 3.94. The summed E-state index contributed by atoms with van der Waals surface area (Å²) >= 11 is 0. The summed E-state index contributed by atoms with van der Waals surface area (Å²) in [6.45, 7) is 2.60. The molecule has 0 spiro atoms. The number of aromatic nitrogens is 5. The lowest BCUT2D eigenvalue weighted by Crippen LogP contribution is -2.35. The maximum Gasteiger partial charge on any atom is 0.252 e. The molecule has 1 aromatic carbocycles. The van der Waals surface area contributed by atoms with Gasteiger partial charge in [-0.15, -0.1) is 10.2 Å². The van der Waals surface area contributed by atoms with Gasteiger partial charge in [0.25, 0.3) is 5.91 Å². The standard InChI is InChI=1S/C23H29N7O/c1-28-20(25-26-23(28)16-7-5-8-16)15-29-12-6-9-17(13-29)21-19(22(24)31)14-30(27-21)18-10-3-2-4-11-18/h2-4,10-11,14,16-17H,5-9,12-13,15H2,1H3,(H2,24,31)/t17-/m1/s1. The maximum atomic E-state index is 12.2. The van der Waals surface area contributed by atoms with E-state index in [4.69, 9.17) is 10.8 Å². The van der Waals surface area contributed by atoms with E-state index in [0.717, 1.165) is 55.5 Å². The van der Waals surface area contributed by atoms with Crippen molar-refractivity contribution >= 4 is 5.91 Å². The monoisotopic (exact) mass is 419 g/mol. The first-order valence-corrected chi connectivity index (χ1v) is 11.2. The van der Waals surface area contributed by atoms with Crippen molar-refractivity contribution in [1.29, 1.82) is 0 Å². The fourth-order valence-corrected chi connectivity index (χ4v) is 4.75. The molecule has 1 aliphatic heterocycles. The Bertz CT molecular complexity index is 1070. The van der Waals surface area contributed by atoms with Crippen molar-refractivity contribution in [2.24, 2.45) is 12.8 Å². The molecule has 3 heterocycles. The number of hydrogen-bond acceptors (Lipinski definition) is 5. The second-order valence-electron chi connectivity index (χ2n) is 8.81. The average Bonchev–Trinajstić information content (AvgIpc) is 3.34. The number of carbonyl (C=O) groups excluding carboxylic acids is 1. The summed E-state index contributed by atoms with van der Waals surface area (Å²) in [5.74, 6) is 2.44. The minimum atomic E-state index is -0.423. The minimum absolute atomic E-state index is 0.167. The minimum Gasteiger partial charge on any atom is -0.365 e. The van der Waals surface area contributed by atoms with Crippen LogP contribution in [0.3, 0.4) is 0 Å². The van der Waals surface area contributed by atoms with E-state index >= 15 is 0 Å². The predicted octanol–water partition coefficient (Wildman–Crippen LogP) is 2.75. The highest BCUT2D eigenvalue weighted by Gasteiger charge is 2.30. The number of nitrogens with zero attached hydrogens (tertiary/aromatic N) is 6. The van der Waals surface area contributed by atoms with Crippen LogP contribution >= 0.6 is 0 Å². The van der Waals surface area contributed by atoms with Crippen LogP contribution in [0.1, 0.15) is 71.6 Å². The Kier molecular flexibility index (Phi) is 5.31. The molecule has 0 unspecified atom stereocenters. The number of carbonyl (C=O) groups is 1. The van der Waals surface area contributed by atoms with Crippen molar-refractivity contribution in [3.63, 3.8) is 0 Å². The van der Waals surface area contributed by atoms with Crippen molar-refractivity contribution in [3.8, 4) is 5.69 Å². The smallest absolute Gasteiger partial charge is 0.252 e. The number of benzene rings is 1. The molecule has 2 aliphatic rings.